The van der Waals surface area contributed by atoms with Crippen LogP contribution >= 0.6 is 0 Å². The molecule has 6 rings (SSSR count). The minimum absolute atomic E-state index is 0.195. The summed E-state index contributed by atoms with van der Waals surface area (Å²) >= 11 is 0. The Kier molecular flexibility index (Phi) is 10.5. The monoisotopic (exact) mass is 690 g/mol. The SMILES string of the molecule is C=CCN(C(=O)C1N([C@H](CO)c2ccccc2)C(=O)[C@@H]2[C@H](C(=O)N(CC=C)c3ccccc3)[C@]3(CC)CCC12O3)c1ccc(N(CC)CC)cc1. The third kappa shape index (κ3) is 5.96. The number of rotatable bonds is 15. The number of aliphatic hydroxyl groups excluding tert-OH is 1. The highest BCUT2D eigenvalue weighted by Gasteiger charge is 2.79. The minimum atomic E-state index is -1.29. The number of hydrogen-bond acceptors (Lipinski definition) is 6. The Morgan fingerprint density at radius 2 is 1.39 bits per heavy atom. The Morgan fingerprint density at radius 1 is 0.843 bits per heavy atom. The molecule has 1 spiro atoms. The van der Waals surface area contributed by atoms with Gasteiger partial charge in [0.1, 0.15) is 11.6 Å². The zero-order chi connectivity index (χ0) is 36.3. The Labute approximate surface area is 301 Å². The van der Waals surface area contributed by atoms with Gasteiger partial charge in [-0.25, -0.2) is 0 Å². The summed E-state index contributed by atoms with van der Waals surface area (Å²) in [6.07, 6.45) is 4.80. The summed E-state index contributed by atoms with van der Waals surface area (Å²) in [6, 6.07) is 24.6. The van der Waals surface area contributed by atoms with Gasteiger partial charge in [-0.15, -0.1) is 13.2 Å². The average Bonchev–Trinajstić information content (AvgIpc) is 3.78. The molecule has 3 aromatic rings. The van der Waals surface area contributed by atoms with Crippen LogP contribution in [0.25, 0.3) is 0 Å². The Bertz CT molecular complexity index is 1730. The number of carbonyl (C=O) groups is 3. The first-order valence-electron chi connectivity index (χ1n) is 18.2. The molecule has 3 saturated heterocycles. The molecule has 3 amide bonds. The van der Waals surface area contributed by atoms with E-state index in [1.54, 1.807) is 22.0 Å². The molecule has 3 fully saturated rings. The molecule has 1 N–H and O–H groups in total. The lowest BCUT2D eigenvalue weighted by molar-refractivity contribution is -0.149. The van der Waals surface area contributed by atoms with E-state index in [4.69, 9.17) is 4.74 Å². The molecule has 0 radical (unpaired) electrons. The van der Waals surface area contributed by atoms with Crippen molar-refractivity contribution in [2.45, 2.75) is 63.3 Å². The van der Waals surface area contributed by atoms with Gasteiger partial charge >= 0.3 is 0 Å². The number of para-hydroxylation sites is 1. The van der Waals surface area contributed by atoms with E-state index in [1.165, 1.54) is 4.90 Å². The predicted octanol–water partition coefficient (Wildman–Crippen LogP) is 6.16. The molecule has 2 bridgehead atoms. The van der Waals surface area contributed by atoms with Gasteiger partial charge in [0.2, 0.25) is 11.8 Å². The third-order valence-electron chi connectivity index (χ3n) is 11.3. The van der Waals surface area contributed by atoms with Crippen molar-refractivity contribution in [1.82, 2.24) is 4.90 Å². The molecule has 51 heavy (non-hydrogen) atoms. The van der Waals surface area contributed by atoms with Crippen molar-refractivity contribution in [3.05, 3.63) is 116 Å². The van der Waals surface area contributed by atoms with Crippen molar-refractivity contribution in [2.75, 3.05) is 47.5 Å². The lowest BCUT2D eigenvalue weighted by Crippen LogP contribution is -2.57. The number of hydrogen-bond donors (Lipinski definition) is 1. The third-order valence-corrected chi connectivity index (χ3v) is 11.3. The van der Waals surface area contributed by atoms with Crippen LogP contribution in [0.3, 0.4) is 0 Å². The fraction of sp³-hybridized carbons (Fsp3) is 0.405. The van der Waals surface area contributed by atoms with E-state index in [0.29, 0.717) is 36.2 Å². The lowest BCUT2D eigenvalue weighted by Gasteiger charge is -2.40. The van der Waals surface area contributed by atoms with Gasteiger partial charge in [0.05, 0.1) is 30.1 Å². The van der Waals surface area contributed by atoms with Gasteiger partial charge in [-0.2, -0.15) is 0 Å². The highest BCUT2D eigenvalue weighted by molar-refractivity contribution is 6.07. The number of amides is 3. The second-order valence-corrected chi connectivity index (χ2v) is 13.7. The zero-order valence-electron chi connectivity index (χ0n) is 30.0. The van der Waals surface area contributed by atoms with Crippen LogP contribution in [0, 0.1) is 11.8 Å². The molecular weight excluding hydrogens is 640 g/mol. The van der Waals surface area contributed by atoms with E-state index in [9.17, 15) is 9.90 Å². The highest BCUT2D eigenvalue weighted by Crippen LogP contribution is 2.65. The van der Waals surface area contributed by atoms with Gasteiger partial charge in [-0.3, -0.25) is 14.4 Å². The smallest absolute Gasteiger partial charge is 0.253 e. The van der Waals surface area contributed by atoms with Crippen molar-refractivity contribution in [1.29, 1.82) is 0 Å². The molecule has 0 aromatic heterocycles. The first-order valence-corrected chi connectivity index (χ1v) is 18.2. The predicted molar refractivity (Wildman–Crippen MR) is 201 cm³/mol. The zero-order valence-corrected chi connectivity index (χ0v) is 30.0. The second-order valence-electron chi connectivity index (χ2n) is 13.7. The molecule has 268 valence electrons. The summed E-state index contributed by atoms with van der Waals surface area (Å²) in [5.41, 5.74) is 0.873. The van der Waals surface area contributed by atoms with Crippen molar-refractivity contribution < 1.29 is 24.2 Å². The summed E-state index contributed by atoms with van der Waals surface area (Å²) < 4.78 is 7.13. The molecule has 0 aliphatic carbocycles. The van der Waals surface area contributed by atoms with E-state index in [-0.39, 0.29) is 30.8 Å². The fourth-order valence-electron chi connectivity index (χ4n) is 8.93. The van der Waals surface area contributed by atoms with Crippen molar-refractivity contribution in [2.24, 2.45) is 11.8 Å². The van der Waals surface area contributed by atoms with Gasteiger partial charge in [0, 0.05) is 43.2 Å². The van der Waals surface area contributed by atoms with Crippen LogP contribution < -0.4 is 14.7 Å². The summed E-state index contributed by atoms with van der Waals surface area (Å²) in [5, 5.41) is 11.0. The van der Waals surface area contributed by atoms with E-state index in [2.05, 4.69) is 31.9 Å². The number of anilines is 3. The largest absolute Gasteiger partial charge is 0.394 e. The van der Waals surface area contributed by atoms with Crippen LogP contribution in [0.2, 0.25) is 0 Å². The summed E-state index contributed by atoms with van der Waals surface area (Å²) in [5.74, 6) is -2.70. The molecule has 3 aromatic carbocycles. The molecule has 3 aliphatic heterocycles. The number of carbonyl (C=O) groups excluding carboxylic acids is 3. The van der Waals surface area contributed by atoms with Gasteiger partial charge in [0.25, 0.3) is 5.91 Å². The number of benzene rings is 3. The summed E-state index contributed by atoms with van der Waals surface area (Å²) in [4.78, 5) is 52.5. The summed E-state index contributed by atoms with van der Waals surface area (Å²) in [6.45, 7) is 15.8. The Morgan fingerprint density at radius 3 is 1.94 bits per heavy atom. The highest BCUT2D eigenvalue weighted by atomic mass is 16.5. The normalized spacial score (nSPS) is 25.3. The van der Waals surface area contributed by atoms with Crippen molar-refractivity contribution in [3.8, 4) is 0 Å². The standard InChI is InChI=1S/C42H50N4O5/c1-6-27-44(32-19-15-12-16-20-32)38(48)35-36-39(49)46(34(29-47)30-17-13-11-14-18-30)37(42(36)26-25-41(35,8-3)51-42)40(50)45(28-7-2)33-23-21-31(22-24-33)43(9-4)10-5/h6-7,11-24,34-37,47H,1-2,8-10,25-29H2,3-5H3/t34-,35-,36+,37?,41+,42?/m1/s1. The molecule has 9 nitrogen and oxygen atoms in total. The van der Waals surface area contributed by atoms with Crippen molar-refractivity contribution in [3.63, 3.8) is 0 Å². The molecule has 3 aliphatic rings. The fourth-order valence-corrected chi connectivity index (χ4v) is 8.93. The van der Waals surface area contributed by atoms with Gasteiger partial charge in [0.15, 0.2) is 0 Å². The van der Waals surface area contributed by atoms with Crippen LogP contribution in [-0.4, -0.2) is 77.8 Å². The van der Waals surface area contributed by atoms with Crippen LogP contribution in [0.1, 0.15) is 51.6 Å². The Hall–Kier alpha value is -4.73. The van der Waals surface area contributed by atoms with Crippen molar-refractivity contribution >= 4 is 34.8 Å². The lowest BCUT2D eigenvalue weighted by atomic mass is 9.64. The number of aliphatic hydroxyl groups is 1. The first-order chi connectivity index (χ1) is 24.7. The molecule has 9 heteroatoms. The van der Waals surface area contributed by atoms with Gasteiger partial charge in [-0.05, 0) is 75.1 Å². The average molecular weight is 691 g/mol. The summed E-state index contributed by atoms with van der Waals surface area (Å²) in [7, 11) is 0. The number of likely N-dealkylation sites (tertiary alicyclic amines) is 1. The van der Waals surface area contributed by atoms with Crippen LogP contribution in [0.5, 0.6) is 0 Å². The number of fused-ring (bicyclic) bond motifs is 1. The van der Waals surface area contributed by atoms with Gasteiger partial charge < -0.3 is 29.4 Å². The molecule has 6 atom stereocenters. The molecular formula is C42H50N4O5. The van der Waals surface area contributed by atoms with E-state index < -0.39 is 41.7 Å². The topological polar surface area (TPSA) is 93.6 Å². The quantitative estimate of drug-likeness (QED) is 0.192. The molecule has 0 saturated carbocycles. The van der Waals surface area contributed by atoms with E-state index in [0.717, 1.165) is 18.8 Å². The second kappa shape index (κ2) is 14.9. The Balaban J connectivity index is 1.49. The maximum atomic E-state index is 15.3. The maximum Gasteiger partial charge on any atom is 0.253 e. The molecule has 2 unspecified atom stereocenters. The minimum Gasteiger partial charge on any atom is -0.394 e. The van der Waals surface area contributed by atoms with Gasteiger partial charge in [-0.1, -0.05) is 67.6 Å². The van der Waals surface area contributed by atoms with E-state index >= 15 is 9.59 Å². The number of ether oxygens (including phenoxy) is 1. The van der Waals surface area contributed by atoms with Crippen LogP contribution in [0.15, 0.2) is 110 Å². The molecule has 3 heterocycles. The maximum absolute atomic E-state index is 15.3. The van der Waals surface area contributed by atoms with E-state index in [1.807, 2.05) is 91.9 Å². The van der Waals surface area contributed by atoms with Crippen LogP contribution in [0.4, 0.5) is 17.1 Å². The first kappa shape index (κ1) is 36.1. The van der Waals surface area contributed by atoms with Crippen LogP contribution in [-0.2, 0) is 19.1 Å². The number of nitrogens with zero attached hydrogens (tertiary/aromatic N) is 4.